The van der Waals surface area contributed by atoms with Crippen molar-refractivity contribution in [2.24, 2.45) is 5.92 Å². The van der Waals surface area contributed by atoms with E-state index in [1.807, 2.05) is 0 Å². The van der Waals surface area contributed by atoms with Crippen molar-refractivity contribution in [3.8, 4) is 0 Å². The van der Waals surface area contributed by atoms with Crippen LogP contribution in [0.1, 0.15) is 32.6 Å². The van der Waals surface area contributed by atoms with Crippen molar-refractivity contribution in [3.63, 3.8) is 0 Å². The number of hydrazine groups is 1. The van der Waals surface area contributed by atoms with Crippen LogP contribution in [0, 0.1) is 5.92 Å². The first-order chi connectivity index (χ1) is 11.9. The molecule has 1 saturated carbocycles. The van der Waals surface area contributed by atoms with E-state index in [0.29, 0.717) is 28.2 Å². The standard InChI is InChI=1S/C14H20N6O3S2/c1-8-3-5-14(6-4-8)10(22)20(12(23)16-14)19-9(21)7-24-13-18-17-11(15-2)25-13/h8H,3-7H2,1-2H3,(H,15,17)(H,16,23)(H,19,21). The van der Waals surface area contributed by atoms with Crippen LogP contribution >= 0.6 is 23.1 Å². The van der Waals surface area contributed by atoms with E-state index in [-0.39, 0.29) is 11.7 Å². The highest BCUT2D eigenvalue weighted by atomic mass is 32.2. The summed E-state index contributed by atoms with van der Waals surface area (Å²) in [6, 6.07) is -0.564. The summed E-state index contributed by atoms with van der Waals surface area (Å²) in [6.07, 6.45) is 2.98. The second-order valence-corrected chi connectivity index (χ2v) is 8.48. The lowest BCUT2D eigenvalue weighted by molar-refractivity contribution is -0.139. The van der Waals surface area contributed by atoms with Crippen molar-refractivity contribution in [2.45, 2.75) is 42.5 Å². The lowest BCUT2D eigenvalue weighted by atomic mass is 9.77. The summed E-state index contributed by atoms with van der Waals surface area (Å²) in [5, 5.41) is 14.9. The molecule has 0 aromatic carbocycles. The minimum absolute atomic E-state index is 0.0411. The number of carbonyl (C=O) groups excluding carboxylic acids is 3. The highest BCUT2D eigenvalue weighted by Gasteiger charge is 2.52. The summed E-state index contributed by atoms with van der Waals surface area (Å²) in [5.41, 5.74) is 1.55. The first kappa shape index (κ1) is 17.9. The fourth-order valence-electron chi connectivity index (χ4n) is 2.97. The molecular formula is C14H20N6O3S2. The van der Waals surface area contributed by atoms with Gasteiger partial charge in [0, 0.05) is 7.05 Å². The van der Waals surface area contributed by atoms with Crippen LogP contribution < -0.4 is 16.1 Å². The van der Waals surface area contributed by atoms with Gasteiger partial charge in [0.15, 0.2) is 4.34 Å². The second-order valence-electron chi connectivity index (χ2n) is 6.28. The number of urea groups is 1. The number of hydrogen-bond acceptors (Lipinski definition) is 8. The first-order valence-corrected chi connectivity index (χ1v) is 9.84. The van der Waals surface area contributed by atoms with Gasteiger partial charge < -0.3 is 10.6 Å². The van der Waals surface area contributed by atoms with Gasteiger partial charge in [0.05, 0.1) is 5.75 Å². The Morgan fingerprint density at radius 2 is 2.12 bits per heavy atom. The molecule has 2 fully saturated rings. The molecule has 1 aromatic rings. The monoisotopic (exact) mass is 384 g/mol. The normalized spacial score (nSPS) is 26.0. The molecule has 1 aromatic heterocycles. The summed E-state index contributed by atoms with van der Waals surface area (Å²) >= 11 is 2.53. The third-order valence-corrected chi connectivity index (χ3v) is 6.55. The van der Waals surface area contributed by atoms with Gasteiger partial charge in [-0.15, -0.1) is 10.2 Å². The van der Waals surface area contributed by atoms with Crippen LogP contribution in [0.4, 0.5) is 9.93 Å². The van der Waals surface area contributed by atoms with E-state index in [2.05, 4.69) is 33.2 Å². The Labute approximate surface area is 153 Å². The molecule has 25 heavy (non-hydrogen) atoms. The molecule has 0 unspecified atom stereocenters. The molecule has 4 amide bonds. The third-order valence-electron chi connectivity index (χ3n) is 4.47. The van der Waals surface area contributed by atoms with Gasteiger partial charge in [-0.05, 0) is 31.6 Å². The molecule has 1 spiro atoms. The number of nitrogens with one attached hydrogen (secondary N) is 3. The lowest BCUT2D eigenvalue weighted by Crippen LogP contribution is -2.51. The Bertz CT molecular complexity index is 686. The number of nitrogens with zero attached hydrogens (tertiary/aromatic N) is 3. The topological polar surface area (TPSA) is 116 Å². The van der Waals surface area contributed by atoms with Crippen LogP contribution in [0.2, 0.25) is 0 Å². The number of rotatable bonds is 5. The minimum atomic E-state index is -0.856. The summed E-state index contributed by atoms with van der Waals surface area (Å²) < 4.78 is 0.634. The average Bonchev–Trinajstić information content (AvgIpc) is 3.15. The van der Waals surface area contributed by atoms with Gasteiger partial charge in [-0.25, -0.2) is 4.79 Å². The van der Waals surface area contributed by atoms with Crippen molar-refractivity contribution < 1.29 is 14.4 Å². The fraction of sp³-hybridized carbons (Fsp3) is 0.643. The fourth-order valence-corrected chi connectivity index (χ4v) is 4.47. The van der Waals surface area contributed by atoms with Crippen LogP contribution in [0.5, 0.6) is 0 Å². The maximum Gasteiger partial charge on any atom is 0.344 e. The van der Waals surface area contributed by atoms with Gasteiger partial charge in [0.25, 0.3) is 5.91 Å². The Kier molecular flexibility index (Phi) is 5.13. The zero-order valence-electron chi connectivity index (χ0n) is 14.0. The van der Waals surface area contributed by atoms with Gasteiger partial charge in [-0.1, -0.05) is 30.0 Å². The van der Waals surface area contributed by atoms with Crippen molar-refractivity contribution >= 4 is 46.1 Å². The predicted molar refractivity (Wildman–Crippen MR) is 94.1 cm³/mol. The van der Waals surface area contributed by atoms with Crippen LogP contribution in [0.15, 0.2) is 4.34 Å². The lowest BCUT2D eigenvalue weighted by Gasteiger charge is -2.33. The van der Waals surface area contributed by atoms with Crippen LogP contribution in [-0.4, -0.2) is 51.4 Å². The summed E-state index contributed by atoms with van der Waals surface area (Å²) in [7, 11) is 1.74. The van der Waals surface area contributed by atoms with Crippen molar-refractivity contribution in [1.29, 1.82) is 0 Å². The number of aromatic nitrogens is 2. The van der Waals surface area contributed by atoms with Crippen LogP contribution in [0.25, 0.3) is 0 Å². The van der Waals surface area contributed by atoms with Gasteiger partial charge in [-0.3, -0.25) is 15.0 Å². The molecule has 3 rings (SSSR count). The first-order valence-electron chi connectivity index (χ1n) is 8.04. The van der Waals surface area contributed by atoms with Crippen molar-refractivity contribution in [2.75, 3.05) is 18.1 Å². The van der Waals surface area contributed by atoms with Gasteiger partial charge in [-0.2, -0.15) is 5.01 Å². The van der Waals surface area contributed by atoms with Gasteiger partial charge >= 0.3 is 6.03 Å². The van der Waals surface area contributed by atoms with Crippen LogP contribution in [-0.2, 0) is 9.59 Å². The summed E-state index contributed by atoms with van der Waals surface area (Å²) in [5.74, 6) is -0.212. The van der Waals surface area contributed by atoms with Crippen molar-refractivity contribution in [3.05, 3.63) is 0 Å². The number of thioether (sulfide) groups is 1. The molecule has 11 heteroatoms. The molecule has 1 aliphatic carbocycles. The Morgan fingerprint density at radius 1 is 1.40 bits per heavy atom. The number of imide groups is 1. The molecule has 1 aliphatic heterocycles. The van der Waals surface area contributed by atoms with E-state index in [0.717, 1.165) is 17.9 Å². The molecule has 3 N–H and O–H groups in total. The van der Waals surface area contributed by atoms with Crippen LogP contribution in [0.3, 0.4) is 0 Å². The molecule has 0 radical (unpaired) electrons. The van der Waals surface area contributed by atoms with Gasteiger partial charge in [0.2, 0.25) is 11.0 Å². The maximum absolute atomic E-state index is 12.6. The Morgan fingerprint density at radius 3 is 2.76 bits per heavy atom. The number of hydrogen-bond donors (Lipinski definition) is 3. The molecule has 0 atom stereocenters. The number of anilines is 1. The molecule has 2 aliphatic rings. The minimum Gasteiger partial charge on any atom is -0.363 e. The molecule has 9 nitrogen and oxygen atoms in total. The van der Waals surface area contributed by atoms with Crippen molar-refractivity contribution in [1.82, 2.24) is 25.9 Å². The molecule has 136 valence electrons. The van der Waals surface area contributed by atoms with E-state index in [1.54, 1.807) is 7.05 Å². The highest BCUT2D eigenvalue weighted by Crippen LogP contribution is 2.35. The Balaban J connectivity index is 1.55. The maximum atomic E-state index is 12.6. The number of amides is 4. The van der Waals surface area contributed by atoms with Gasteiger partial charge in [0.1, 0.15) is 5.54 Å². The number of carbonyl (C=O) groups is 3. The van der Waals surface area contributed by atoms with E-state index in [1.165, 1.54) is 23.1 Å². The van der Waals surface area contributed by atoms with E-state index < -0.39 is 17.5 Å². The molecule has 0 bridgehead atoms. The third kappa shape index (κ3) is 3.71. The van der Waals surface area contributed by atoms with E-state index in [9.17, 15) is 14.4 Å². The molecule has 1 saturated heterocycles. The quantitative estimate of drug-likeness (QED) is 0.516. The predicted octanol–water partition coefficient (Wildman–Crippen LogP) is 1.20. The molecule has 2 heterocycles. The zero-order chi connectivity index (χ0) is 18.0. The second kappa shape index (κ2) is 7.16. The zero-order valence-corrected chi connectivity index (χ0v) is 15.6. The SMILES string of the molecule is CNc1nnc(SCC(=O)NN2C(=O)NC3(CCC(C)CC3)C2=O)s1. The molecular weight excluding hydrogens is 364 g/mol. The Hall–Kier alpha value is -1.88. The summed E-state index contributed by atoms with van der Waals surface area (Å²) in [4.78, 5) is 36.9. The highest BCUT2D eigenvalue weighted by molar-refractivity contribution is 8.01. The average molecular weight is 384 g/mol. The van der Waals surface area contributed by atoms with E-state index >= 15 is 0 Å². The summed E-state index contributed by atoms with van der Waals surface area (Å²) in [6.45, 7) is 2.14. The largest absolute Gasteiger partial charge is 0.363 e. The van der Waals surface area contributed by atoms with E-state index in [4.69, 9.17) is 0 Å². The smallest absolute Gasteiger partial charge is 0.344 e.